The van der Waals surface area contributed by atoms with Crippen molar-refractivity contribution in [2.75, 3.05) is 0 Å². The Morgan fingerprint density at radius 1 is 1.44 bits per heavy atom. The van der Waals surface area contributed by atoms with Gasteiger partial charge in [-0.15, -0.1) is 0 Å². The molecule has 1 aromatic carbocycles. The Labute approximate surface area is 115 Å². The van der Waals surface area contributed by atoms with Gasteiger partial charge in [-0.1, -0.05) is 0 Å². The second-order valence-corrected chi connectivity index (χ2v) is 5.14. The van der Waals surface area contributed by atoms with Gasteiger partial charge in [0.15, 0.2) is 10.6 Å². The van der Waals surface area contributed by atoms with E-state index in [2.05, 4.69) is 26.0 Å². The number of imidazole rings is 1. The van der Waals surface area contributed by atoms with Crippen LogP contribution in [-0.2, 0) is 7.05 Å². The standard InChI is InChI=1S/C11H8BrFN4S/c1-16-3-2-10(15-16)17-9-5-7(13)6(12)4-8(9)14-11(17)18/h2-5H,1H3,(H,14,18). The van der Waals surface area contributed by atoms with Gasteiger partial charge in [0.1, 0.15) is 5.82 Å². The van der Waals surface area contributed by atoms with Crippen molar-refractivity contribution in [3.63, 3.8) is 0 Å². The second kappa shape index (κ2) is 4.03. The number of benzene rings is 1. The van der Waals surface area contributed by atoms with Crippen molar-refractivity contribution < 1.29 is 4.39 Å². The summed E-state index contributed by atoms with van der Waals surface area (Å²) in [6.45, 7) is 0. The molecule has 2 aromatic heterocycles. The molecule has 0 unspecified atom stereocenters. The molecule has 3 aromatic rings. The molecule has 0 atom stereocenters. The lowest BCUT2D eigenvalue weighted by Gasteiger charge is -2.00. The number of aromatic nitrogens is 4. The summed E-state index contributed by atoms with van der Waals surface area (Å²) in [5.41, 5.74) is 1.43. The van der Waals surface area contributed by atoms with Crippen LogP contribution in [0.4, 0.5) is 4.39 Å². The Kier molecular flexibility index (Phi) is 2.60. The topological polar surface area (TPSA) is 38.5 Å². The average molecular weight is 327 g/mol. The van der Waals surface area contributed by atoms with E-state index in [1.807, 2.05) is 19.3 Å². The van der Waals surface area contributed by atoms with Gasteiger partial charge in [-0.2, -0.15) is 5.10 Å². The summed E-state index contributed by atoms with van der Waals surface area (Å²) in [6.07, 6.45) is 1.81. The van der Waals surface area contributed by atoms with Crippen LogP contribution in [0, 0.1) is 10.6 Å². The third kappa shape index (κ3) is 1.70. The predicted molar refractivity (Wildman–Crippen MR) is 72.9 cm³/mol. The third-order valence-electron chi connectivity index (χ3n) is 2.65. The fourth-order valence-corrected chi connectivity index (χ4v) is 2.50. The van der Waals surface area contributed by atoms with Crippen molar-refractivity contribution >= 4 is 39.2 Å². The summed E-state index contributed by atoms with van der Waals surface area (Å²) in [6, 6.07) is 4.92. The molecule has 4 nitrogen and oxygen atoms in total. The van der Waals surface area contributed by atoms with E-state index >= 15 is 0 Å². The fourth-order valence-electron chi connectivity index (χ4n) is 1.85. The van der Waals surface area contributed by atoms with Crippen LogP contribution in [0.2, 0.25) is 0 Å². The monoisotopic (exact) mass is 326 g/mol. The van der Waals surface area contributed by atoms with E-state index in [9.17, 15) is 4.39 Å². The Hall–Kier alpha value is -1.47. The van der Waals surface area contributed by atoms with Crippen LogP contribution in [0.15, 0.2) is 28.9 Å². The summed E-state index contributed by atoms with van der Waals surface area (Å²) < 4.78 is 17.9. The van der Waals surface area contributed by atoms with E-state index in [0.717, 1.165) is 5.52 Å². The Bertz CT molecular complexity index is 801. The molecule has 0 aliphatic rings. The molecule has 0 bridgehead atoms. The van der Waals surface area contributed by atoms with E-state index in [0.29, 0.717) is 20.6 Å². The van der Waals surface area contributed by atoms with Crippen LogP contribution < -0.4 is 0 Å². The summed E-state index contributed by atoms with van der Waals surface area (Å²) in [5.74, 6) is 0.330. The number of hydrogen-bond acceptors (Lipinski definition) is 2. The molecule has 0 spiro atoms. The third-order valence-corrected chi connectivity index (χ3v) is 3.55. The largest absolute Gasteiger partial charge is 0.330 e. The molecule has 92 valence electrons. The number of fused-ring (bicyclic) bond motifs is 1. The van der Waals surface area contributed by atoms with Crippen LogP contribution in [0.5, 0.6) is 0 Å². The molecule has 7 heteroatoms. The van der Waals surface area contributed by atoms with Crippen molar-refractivity contribution in [2.24, 2.45) is 7.05 Å². The van der Waals surface area contributed by atoms with Crippen LogP contribution in [0.25, 0.3) is 16.9 Å². The molecule has 3 rings (SSSR count). The van der Waals surface area contributed by atoms with Gasteiger partial charge in [-0.25, -0.2) is 4.39 Å². The van der Waals surface area contributed by atoms with Crippen molar-refractivity contribution in [3.8, 4) is 5.82 Å². The lowest BCUT2D eigenvalue weighted by atomic mass is 10.3. The molecule has 0 fully saturated rings. The minimum absolute atomic E-state index is 0.332. The lowest BCUT2D eigenvalue weighted by Crippen LogP contribution is -1.97. The molecule has 0 radical (unpaired) electrons. The highest BCUT2D eigenvalue weighted by Crippen LogP contribution is 2.24. The van der Waals surface area contributed by atoms with Gasteiger partial charge >= 0.3 is 0 Å². The maximum absolute atomic E-state index is 13.6. The lowest BCUT2D eigenvalue weighted by molar-refractivity contribution is 0.622. The fraction of sp³-hybridized carbons (Fsp3) is 0.0909. The minimum atomic E-state index is -0.332. The molecular weight excluding hydrogens is 319 g/mol. The quantitative estimate of drug-likeness (QED) is 0.697. The summed E-state index contributed by atoms with van der Waals surface area (Å²) in [4.78, 5) is 3.03. The summed E-state index contributed by atoms with van der Waals surface area (Å²) in [7, 11) is 1.82. The molecule has 18 heavy (non-hydrogen) atoms. The number of aromatic amines is 1. The zero-order valence-electron chi connectivity index (χ0n) is 9.32. The number of nitrogens with one attached hydrogen (secondary N) is 1. The van der Waals surface area contributed by atoms with E-state index in [4.69, 9.17) is 12.2 Å². The van der Waals surface area contributed by atoms with E-state index < -0.39 is 0 Å². The van der Waals surface area contributed by atoms with Gasteiger partial charge in [0.05, 0.1) is 15.5 Å². The van der Waals surface area contributed by atoms with Crippen molar-refractivity contribution in [1.82, 2.24) is 19.3 Å². The van der Waals surface area contributed by atoms with Crippen molar-refractivity contribution in [2.45, 2.75) is 0 Å². The Morgan fingerprint density at radius 3 is 2.89 bits per heavy atom. The highest BCUT2D eigenvalue weighted by Gasteiger charge is 2.11. The number of rotatable bonds is 1. The number of aryl methyl sites for hydroxylation is 1. The molecule has 0 aliphatic carbocycles. The molecule has 2 heterocycles. The van der Waals surface area contributed by atoms with Crippen molar-refractivity contribution in [1.29, 1.82) is 0 Å². The van der Waals surface area contributed by atoms with Crippen LogP contribution in [0.3, 0.4) is 0 Å². The molecule has 0 amide bonds. The van der Waals surface area contributed by atoms with Gasteiger partial charge in [0, 0.05) is 25.4 Å². The number of hydrogen-bond donors (Lipinski definition) is 1. The van der Waals surface area contributed by atoms with Crippen LogP contribution in [-0.4, -0.2) is 19.3 Å². The smallest absolute Gasteiger partial charge is 0.184 e. The zero-order chi connectivity index (χ0) is 12.9. The SMILES string of the molecule is Cn1ccc(-n2c(=S)[nH]c3cc(Br)c(F)cc32)n1. The number of H-pyrrole nitrogens is 1. The van der Waals surface area contributed by atoms with Crippen LogP contribution in [0.1, 0.15) is 0 Å². The highest BCUT2D eigenvalue weighted by atomic mass is 79.9. The van der Waals surface area contributed by atoms with E-state index in [-0.39, 0.29) is 5.82 Å². The predicted octanol–water partition coefficient (Wildman–Crippen LogP) is 3.32. The van der Waals surface area contributed by atoms with Gasteiger partial charge < -0.3 is 4.98 Å². The second-order valence-electron chi connectivity index (χ2n) is 3.90. The minimum Gasteiger partial charge on any atom is -0.330 e. The normalized spacial score (nSPS) is 11.3. The molecule has 0 saturated carbocycles. The van der Waals surface area contributed by atoms with E-state index in [1.54, 1.807) is 15.3 Å². The van der Waals surface area contributed by atoms with E-state index in [1.165, 1.54) is 6.07 Å². The molecule has 0 aliphatic heterocycles. The Morgan fingerprint density at radius 2 is 2.22 bits per heavy atom. The summed E-state index contributed by atoms with van der Waals surface area (Å²) in [5, 5.41) is 4.28. The van der Waals surface area contributed by atoms with Crippen LogP contribution >= 0.6 is 28.1 Å². The summed E-state index contributed by atoms with van der Waals surface area (Å²) >= 11 is 8.40. The molecular formula is C11H8BrFN4S. The van der Waals surface area contributed by atoms with Gasteiger partial charge in [0.25, 0.3) is 0 Å². The first-order valence-electron chi connectivity index (χ1n) is 5.16. The van der Waals surface area contributed by atoms with Gasteiger partial charge in [-0.3, -0.25) is 9.25 Å². The zero-order valence-corrected chi connectivity index (χ0v) is 11.7. The van der Waals surface area contributed by atoms with Gasteiger partial charge in [-0.05, 0) is 34.2 Å². The van der Waals surface area contributed by atoms with Gasteiger partial charge in [0.2, 0.25) is 0 Å². The molecule has 0 saturated heterocycles. The number of nitrogens with zero attached hydrogens (tertiary/aromatic N) is 3. The number of halogens is 2. The first kappa shape index (κ1) is 11.6. The highest BCUT2D eigenvalue weighted by molar-refractivity contribution is 9.10. The maximum atomic E-state index is 13.6. The molecule has 1 N–H and O–H groups in total. The van der Waals surface area contributed by atoms with Crippen molar-refractivity contribution in [3.05, 3.63) is 39.5 Å². The first-order valence-corrected chi connectivity index (χ1v) is 6.36. The first-order chi connectivity index (χ1) is 8.56. The Balaban J connectivity index is 2.38. The average Bonchev–Trinajstić information content (AvgIpc) is 2.83. The maximum Gasteiger partial charge on any atom is 0.184 e.